The van der Waals surface area contributed by atoms with Crippen molar-refractivity contribution >= 4 is 11.5 Å². The van der Waals surface area contributed by atoms with Gasteiger partial charge in [-0.1, -0.05) is 13.3 Å². The zero-order valence-electron chi connectivity index (χ0n) is 8.97. The fourth-order valence-corrected chi connectivity index (χ4v) is 2.51. The number of fused-ring (bicyclic) bond motifs is 1. The average molecular weight is 191 g/mol. The van der Waals surface area contributed by atoms with Crippen LogP contribution in [-0.4, -0.2) is 11.5 Å². The summed E-state index contributed by atoms with van der Waals surface area (Å²) in [6.45, 7) is 4.01. The van der Waals surface area contributed by atoms with E-state index in [0.29, 0.717) is 5.78 Å². The van der Waals surface area contributed by atoms with E-state index in [1.54, 1.807) is 0 Å². The molecule has 1 fully saturated rings. The largest absolute Gasteiger partial charge is 0.294 e. The van der Waals surface area contributed by atoms with Crippen LogP contribution < -0.4 is 0 Å². The number of aliphatic imine (C=N–C) groups is 1. The van der Waals surface area contributed by atoms with Crippen LogP contribution in [0, 0.1) is 5.92 Å². The van der Waals surface area contributed by atoms with Crippen LogP contribution in [0.3, 0.4) is 0 Å². The molecule has 1 atom stereocenters. The van der Waals surface area contributed by atoms with Gasteiger partial charge in [0.15, 0.2) is 5.78 Å². The van der Waals surface area contributed by atoms with Gasteiger partial charge in [0.05, 0.1) is 5.92 Å². The predicted molar refractivity (Wildman–Crippen MR) is 57.4 cm³/mol. The molecule has 1 unspecified atom stereocenters. The van der Waals surface area contributed by atoms with Crippen molar-refractivity contribution in [2.24, 2.45) is 10.9 Å². The van der Waals surface area contributed by atoms with E-state index in [1.807, 2.05) is 13.8 Å². The van der Waals surface area contributed by atoms with Gasteiger partial charge in [-0.15, -0.1) is 0 Å². The third-order valence-electron chi connectivity index (χ3n) is 3.29. The maximum absolute atomic E-state index is 12.1. The zero-order chi connectivity index (χ0) is 10.1. The van der Waals surface area contributed by atoms with Crippen LogP contribution in [0.25, 0.3) is 0 Å². The molecule has 0 amide bonds. The Balaban J connectivity index is 2.36. The van der Waals surface area contributed by atoms with Crippen LogP contribution in [0.4, 0.5) is 0 Å². The minimum atomic E-state index is 0.141. The molecule has 2 heteroatoms. The number of ketones is 1. The number of Topliss-reactive ketones (excluding diaryl/α,β-unsaturated/α-hetero) is 1. The van der Waals surface area contributed by atoms with Gasteiger partial charge < -0.3 is 0 Å². The van der Waals surface area contributed by atoms with E-state index in [4.69, 9.17) is 0 Å². The number of hydrogen-bond acceptors (Lipinski definition) is 2. The molecule has 1 saturated carbocycles. The van der Waals surface area contributed by atoms with Crippen molar-refractivity contribution in [1.82, 2.24) is 0 Å². The highest BCUT2D eigenvalue weighted by Gasteiger charge is 2.32. The van der Waals surface area contributed by atoms with Crippen LogP contribution in [0.15, 0.2) is 16.3 Å². The Morgan fingerprint density at radius 2 is 2.21 bits per heavy atom. The molecule has 0 aromatic carbocycles. The molecule has 1 aliphatic carbocycles. The van der Waals surface area contributed by atoms with Crippen LogP contribution >= 0.6 is 0 Å². The van der Waals surface area contributed by atoms with E-state index in [-0.39, 0.29) is 5.92 Å². The molecular formula is C12H17NO. The van der Waals surface area contributed by atoms with Crippen molar-refractivity contribution in [2.75, 3.05) is 0 Å². The molecule has 1 heterocycles. The molecular weight excluding hydrogens is 174 g/mol. The third kappa shape index (κ3) is 1.43. The van der Waals surface area contributed by atoms with Crippen molar-refractivity contribution in [3.63, 3.8) is 0 Å². The first-order valence-corrected chi connectivity index (χ1v) is 5.55. The molecule has 0 aromatic rings. The highest BCUT2D eigenvalue weighted by molar-refractivity contribution is 6.14. The molecule has 0 aromatic heterocycles. The SMILES string of the molecule is CCC1=C(C)N=C2CCCCC2C1=O. The molecule has 0 spiro atoms. The van der Waals surface area contributed by atoms with Crippen molar-refractivity contribution < 1.29 is 4.79 Å². The molecule has 0 bridgehead atoms. The normalized spacial score (nSPS) is 27.4. The van der Waals surface area contributed by atoms with Gasteiger partial charge >= 0.3 is 0 Å². The lowest BCUT2D eigenvalue weighted by molar-refractivity contribution is -0.118. The lowest BCUT2D eigenvalue weighted by Gasteiger charge is -2.28. The predicted octanol–water partition coefficient (Wildman–Crippen LogP) is 2.88. The first-order valence-electron chi connectivity index (χ1n) is 5.55. The molecule has 14 heavy (non-hydrogen) atoms. The molecule has 0 saturated heterocycles. The second kappa shape index (κ2) is 3.68. The number of nitrogens with zero attached hydrogens (tertiary/aromatic N) is 1. The quantitative estimate of drug-likeness (QED) is 0.626. The lowest BCUT2D eigenvalue weighted by Crippen LogP contribution is -2.31. The summed E-state index contributed by atoms with van der Waals surface area (Å²) < 4.78 is 0. The summed E-state index contributed by atoms with van der Waals surface area (Å²) in [5.41, 5.74) is 3.07. The van der Waals surface area contributed by atoms with Gasteiger partial charge in [0.2, 0.25) is 0 Å². The molecule has 76 valence electrons. The Morgan fingerprint density at radius 1 is 1.43 bits per heavy atom. The second-order valence-electron chi connectivity index (χ2n) is 4.18. The topological polar surface area (TPSA) is 29.4 Å². The smallest absolute Gasteiger partial charge is 0.169 e. The van der Waals surface area contributed by atoms with Gasteiger partial charge in [0, 0.05) is 17.0 Å². The summed E-state index contributed by atoms with van der Waals surface area (Å²) in [4.78, 5) is 16.6. The molecule has 2 aliphatic rings. The Kier molecular flexibility index (Phi) is 2.53. The molecule has 0 N–H and O–H groups in total. The Bertz CT molecular complexity index is 325. The van der Waals surface area contributed by atoms with Crippen LogP contribution in [0.5, 0.6) is 0 Å². The molecule has 1 aliphatic heterocycles. The monoisotopic (exact) mass is 191 g/mol. The minimum Gasteiger partial charge on any atom is -0.294 e. The highest BCUT2D eigenvalue weighted by Crippen LogP contribution is 2.31. The first-order chi connectivity index (χ1) is 6.74. The molecule has 2 rings (SSSR count). The van der Waals surface area contributed by atoms with Gasteiger partial charge in [0.1, 0.15) is 0 Å². The fourth-order valence-electron chi connectivity index (χ4n) is 2.51. The Labute approximate surface area is 85.1 Å². The second-order valence-corrected chi connectivity index (χ2v) is 4.18. The molecule has 2 nitrogen and oxygen atoms in total. The summed E-state index contributed by atoms with van der Waals surface area (Å²) in [7, 11) is 0. The summed E-state index contributed by atoms with van der Waals surface area (Å²) in [5, 5.41) is 0. The number of carbonyl (C=O) groups is 1. The number of allylic oxidation sites excluding steroid dienone is 2. The van der Waals surface area contributed by atoms with Gasteiger partial charge in [0.25, 0.3) is 0 Å². The molecule has 0 radical (unpaired) electrons. The van der Waals surface area contributed by atoms with Crippen LogP contribution in [0.1, 0.15) is 46.0 Å². The number of rotatable bonds is 1. The van der Waals surface area contributed by atoms with Crippen molar-refractivity contribution in [3.05, 3.63) is 11.3 Å². The fraction of sp³-hybridized carbons (Fsp3) is 0.667. The van der Waals surface area contributed by atoms with Crippen LogP contribution in [-0.2, 0) is 4.79 Å². The number of hydrogen-bond donors (Lipinski definition) is 0. The standard InChI is InChI=1S/C12H17NO/c1-3-9-8(2)13-11-7-5-4-6-10(11)12(9)14/h10H,3-7H2,1-2H3. The van der Waals surface area contributed by atoms with E-state index in [0.717, 1.165) is 36.2 Å². The van der Waals surface area contributed by atoms with Gasteiger partial charge in [-0.25, -0.2) is 0 Å². The third-order valence-corrected chi connectivity index (χ3v) is 3.29. The summed E-state index contributed by atoms with van der Waals surface area (Å²) in [6, 6.07) is 0. The Hall–Kier alpha value is -0.920. The number of carbonyl (C=O) groups excluding carboxylic acids is 1. The zero-order valence-corrected chi connectivity index (χ0v) is 8.97. The maximum Gasteiger partial charge on any atom is 0.169 e. The van der Waals surface area contributed by atoms with E-state index in [9.17, 15) is 4.79 Å². The van der Waals surface area contributed by atoms with Gasteiger partial charge in [-0.05, 0) is 32.6 Å². The van der Waals surface area contributed by atoms with E-state index in [2.05, 4.69) is 4.99 Å². The minimum absolute atomic E-state index is 0.141. The summed E-state index contributed by atoms with van der Waals surface area (Å²) in [6.07, 6.45) is 5.28. The Morgan fingerprint density at radius 3 is 2.93 bits per heavy atom. The lowest BCUT2D eigenvalue weighted by atomic mass is 9.79. The van der Waals surface area contributed by atoms with Crippen molar-refractivity contribution in [3.8, 4) is 0 Å². The summed E-state index contributed by atoms with van der Waals surface area (Å²) >= 11 is 0. The van der Waals surface area contributed by atoms with Crippen molar-refractivity contribution in [1.29, 1.82) is 0 Å². The van der Waals surface area contributed by atoms with Crippen LogP contribution in [0.2, 0.25) is 0 Å². The van der Waals surface area contributed by atoms with E-state index < -0.39 is 0 Å². The van der Waals surface area contributed by atoms with E-state index >= 15 is 0 Å². The van der Waals surface area contributed by atoms with Crippen molar-refractivity contribution in [2.45, 2.75) is 46.0 Å². The van der Waals surface area contributed by atoms with Gasteiger partial charge in [-0.2, -0.15) is 0 Å². The summed E-state index contributed by atoms with van der Waals surface area (Å²) in [5.74, 6) is 0.497. The van der Waals surface area contributed by atoms with Gasteiger partial charge in [-0.3, -0.25) is 9.79 Å². The first kappa shape index (κ1) is 9.63. The highest BCUT2D eigenvalue weighted by atomic mass is 16.1. The maximum atomic E-state index is 12.1. The average Bonchev–Trinajstić information content (AvgIpc) is 2.18. The van der Waals surface area contributed by atoms with E-state index in [1.165, 1.54) is 12.8 Å².